The van der Waals surface area contributed by atoms with Crippen molar-refractivity contribution in [3.63, 3.8) is 0 Å². The van der Waals surface area contributed by atoms with Crippen LogP contribution < -0.4 is 0 Å². The molecule has 0 bridgehead atoms. The third kappa shape index (κ3) is 3.91. The second kappa shape index (κ2) is 7.22. The maximum absolute atomic E-state index is 12.5. The highest BCUT2D eigenvalue weighted by molar-refractivity contribution is 5.96. The van der Waals surface area contributed by atoms with E-state index in [2.05, 4.69) is 27.0 Å². The molecule has 2 rings (SSSR count). The number of nitrogens with one attached hydrogen (secondary N) is 1. The van der Waals surface area contributed by atoms with Crippen LogP contribution in [-0.4, -0.2) is 44.7 Å². The molecule has 0 spiro atoms. The van der Waals surface area contributed by atoms with E-state index in [0.717, 1.165) is 5.56 Å². The first-order chi connectivity index (χ1) is 10.2. The van der Waals surface area contributed by atoms with Crippen molar-refractivity contribution >= 4 is 5.91 Å². The van der Waals surface area contributed by atoms with E-state index in [1.54, 1.807) is 42.8 Å². The monoisotopic (exact) mass is 284 g/mol. The standard InChI is InChI=1S/C15H16N4O2/c1-19(11-12-8-17-18-9-12)15(21)14-5-6-16-10-13(14)4-2-3-7-20/h5-6,8-10,20H,3,7,11H2,1H3,(H,17,18). The Hall–Kier alpha value is -2.65. The van der Waals surface area contributed by atoms with Gasteiger partial charge in [0.1, 0.15) is 0 Å². The molecule has 0 saturated heterocycles. The smallest absolute Gasteiger partial charge is 0.255 e. The third-order valence-corrected chi connectivity index (χ3v) is 2.83. The lowest BCUT2D eigenvalue weighted by molar-refractivity contribution is 0.0784. The summed E-state index contributed by atoms with van der Waals surface area (Å²) in [5.41, 5.74) is 1.99. The van der Waals surface area contributed by atoms with Crippen LogP contribution in [-0.2, 0) is 6.54 Å². The maximum atomic E-state index is 12.5. The summed E-state index contributed by atoms with van der Waals surface area (Å²) in [5.74, 6) is 5.54. The van der Waals surface area contributed by atoms with Gasteiger partial charge in [0.15, 0.2) is 0 Å². The highest BCUT2D eigenvalue weighted by atomic mass is 16.2. The van der Waals surface area contributed by atoms with Crippen molar-refractivity contribution in [1.29, 1.82) is 0 Å². The predicted octanol–water partition coefficient (Wildman–Crippen LogP) is 0.811. The van der Waals surface area contributed by atoms with Gasteiger partial charge >= 0.3 is 0 Å². The SMILES string of the molecule is CN(Cc1cn[nH]c1)C(=O)c1ccncc1C#CCCO. The van der Waals surface area contributed by atoms with E-state index in [9.17, 15) is 4.79 Å². The lowest BCUT2D eigenvalue weighted by atomic mass is 10.1. The van der Waals surface area contributed by atoms with Crippen molar-refractivity contribution in [2.24, 2.45) is 0 Å². The number of aliphatic hydroxyl groups excluding tert-OH is 1. The molecular formula is C15H16N4O2. The average molecular weight is 284 g/mol. The summed E-state index contributed by atoms with van der Waals surface area (Å²) in [6.07, 6.45) is 6.92. The lowest BCUT2D eigenvalue weighted by Crippen LogP contribution is -2.26. The van der Waals surface area contributed by atoms with E-state index < -0.39 is 0 Å². The highest BCUT2D eigenvalue weighted by Crippen LogP contribution is 2.11. The zero-order valence-electron chi connectivity index (χ0n) is 11.7. The van der Waals surface area contributed by atoms with Crippen LogP contribution in [0.1, 0.15) is 27.9 Å². The average Bonchev–Trinajstić information content (AvgIpc) is 3.00. The summed E-state index contributed by atoms with van der Waals surface area (Å²) in [7, 11) is 1.72. The molecule has 0 fully saturated rings. The summed E-state index contributed by atoms with van der Waals surface area (Å²) in [5, 5.41) is 15.3. The van der Waals surface area contributed by atoms with Gasteiger partial charge in [-0.1, -0.05) is 11.8 Å². The summed E-state index contributed by atoms with van der Waals surface area (Å²) in [6, 6.07) is 1.65. The number of carbonyl (C=O) groups is 1. The Labute approximate surface area is 122 Å². The Morgan fingerprint density at radius 3 is 3.05 bits per heavy atom. The first kappa shape index (κ1) is 14.8. The normalized spacial score (nSPS) is 9.81. The van der Waals surface area contributed by atoms with Gasteiger partial charge in [-0.05, 0) is 6.07 Å². The Morgan fingerprint density at radius 2 is 2.33 bits per heavy atom. The molecule has 2 N–H and O–H groups in total. The molecule has 0 aliphatic carbocycles. The van der Waals surface area contributed by atoms with E-state index in [4.69, 9.17) is 5.11 Å². The fourth-order valence-corrected chi connectivity index (χ4v) is 1.81. The fourth-order valence-electron chi connectivity index (χ4n) is 1.81. The molecule has 108 valence electrons. The minimum absolute atomic E-state index is 0.00304. The number of aliphatic hydroxyl groups is 1. The first-order valence-corrected chi connectivity index (χ1v) is 6.49. The van der Waals surface area contributed by atoms with Crippen LogP contribution in [0.4, 0.5) is 0 Å². The van der Waals surface area contributed by atoms with Gasteiger partial charge in [-0.25, -0.2) is 0 Å². The molecule has 0 radical (unpaired) electrons. The molecule has 1 amide bonds. The van der Waals surface area contributed by atoms with Crippen LogP contribution in [0.2, 0.25) is 0 Å². The van der Waals surface area contributed by atoms with Crippen LogP contribution in [0.3, 0.4) is 0 Å². The van der Waals surface area contributed by atoms with Crippen molar-refractivity contribution in [1.82, 2.24) is 20.1 Å². The number of aromatic amines is 1. The molecule has 0 aliphatic rings. The molecule has 0 unspecified atom stereocenters. The zero-order chi connectivity index (χ0) is 15.1. The lowest BCUT2D eigenvalue weighted by Gasteiger charge is -2.16. The van der Waals surface area contributed by atoms with Gasteiger partial charge in [-0.3, -0.25) is 14.9 Å². The Kier molecular flexibility index (Phi) is 5.07. The van der Waals surface area contributed by atoms with Gasteiger partial charge in [0, 0.05) is 44.2 Å². The van der Waals surface area contributed by atoms with Crippen molar-refractivity contribution in [2.45, 2.75) is 13.0 Å². The molecule has 2 aromatic rings. The van der Waals surface area contributed by atoms with Crippen LogP contribution in [0, 0.1) is 11.8 Å². The molecule has 2 heterocycles. The van der Waals surface area contributed by atoms with E-state index in [0.29, 0.717) is 24.1 Å². The number of amides is 1. The Balaban J connectivity index is 2.17. The van der Waals surface area contributed by atoms with E-state index in [1.807, 2.05) is 0 Å². The van der Waals surface area contributed by atoms with Gasteiger partial charge in [0.05, 0.1) is 23.9 Å². The quantitative estimate of drug-likeness (QED) is 0.814. The number of rotatable bonds is 4. The van der Waals surface area contributed by atoms with Crippen molar-refractivity contribution in [2.75, 3.05) is 13.7 Å². The number of aromatic nitrogens is 3. The number of pyridine rings is 1. The molecule has 0 atom stereocenters. The molecule has 6 nitrogen and oxygen atoms in total. The molecule has 2 aromatic heterocycles. The summed E-state index contributed by atoms with van der Waals surface area (Å²) >= 11 is 0. The molecule has 0 aliphatic heterocycles. The van der Waals surface area contributed by atoms with Crippen molar-refractivity contribution in [3.05, 3.63) is 47.5 Å². The van der Waals surface area contributed by atoms with E-state index >= 15 is 0 Å². The summed E-state index contributed by atoms with van der Waals surface area (Å²) in [4.78, 5) is 18.1. The van der Waals surface area contributed by atoms with Crippen molar-refractivity contribution < 1.29 is 9.90 Å². The third-order valence-electron chi connectivity index (χ3n) is 2.83. The van der Waals surface area contributed by atoms with Crippen LogP contribution in [0.15, 0.2) is 30.9 Å². The van der Waals surface area contributed by atoms with Crippen LogP contribution in [0.5, 0.6) is 0 Å². The minimum Gasteiger partial charge on any atom is -0.395 e. The number of H-pyrrole nitrogens is 1. The first-order valence-electron chi connectivity index (χ1n) is 6.49. The molecule has 0 aromatic carbocycles. The summed E-state index contributed by atoms with van der Waals surface area (Å²) < 4.78 is 0. The van der Waals surface area contributed by atoms with Crippen molar-refractivity contribution in [3.8, 4) is 11.8 Å². The number of nitrogens with zero attached hydrogens (tertiary/aromatic N) is 3. The molecule has 6 heteroatoms. The highest BCUT2D eigenvalue weighted by Gasteiger charge is 2.15. The van der Waals surface area contributed by atoms with Crippen LogP contribution in [0.25, 0.3) is 0 Å². The second-order valence-electron chi connectivity index (χ2n) is 4.46. The largest absolute Gasteiger partial charge is 0.395 e. The van der Waals surface area contributed by atoms with Gasteiger partial charge in [-0.15, -0.1) is 0 Å². The zero-order valence-corrected chi connectivity index (χ0v) is 11.7. The molecule has 21 heavy (non-hydrogen) atoms. The maximum Gasteiger partial charge on any atom is 0.255 e. The minimum atomic E-state index is -0.133. The predicted molar refractivity (Wildman–Crippen MR) is 77.2 cm³/mol. The number of carbonyl (C=O) groups excluding carboxylic acids is 1. The Bertz CT molecular complexity index is 656. The Morgan fingerprint density at radius 1 is 1.48 bits per heavy atom. The van der Waals surface area contributed by atoms with E-state index in [-0.39, 0.29) is 12.5 Å². The van der Waals surface area contributed by atoms with Crippen LogP contribution >= 0.6 is 0 Å². The second-order valence-corrected chi connectivity index (χ2v) is 4.46. The molecular weight excluding hydrogens is 268 g/mol. The number of hydrogen-bond donors (Lipinski definition) is 2. The van der Waals surface area contributed by atoms with E-state index in [1.165, 1.54) is 0 Å². The van der Waals surface area contributed by atoms with Gasteiger partial charge in [0.25, 0.3) is 5.91 Å². The van der Waals surface area contributed by atoms with Gasteiger partial charge < -0.3 is 10.0 Å². The topological polar surface area (TPSA) is 82.1 Å². The fraction of sp³-hybridized carbons (Fsp3) is 0.267. The summed E-state index contributed by atoms with van der Waals surface area (Å²) in [6.45, 7) is 0.456. The molecule has 0 saturated carbocycles. The van der Waals surface area contributed by atoms with Gasteiger partial charge in [0.2, 0.25) is 0 Å². The number of hydrogen-bond acceptors (Lipinski definition) is 4. The van der Waals surface area contributed by atoms with Gasteiger partial charge in [-0.2, -0.15) is 5.10 Å².